The second kappa shape index (κ2) is 7.56. The molecule has 1 heterocycles. The molecule has 4 aromatic carbocycles. The minimum absolute atomic E-state index is 0.153. The maximum atomic E-state index is 16.2. The minimum atomic E-state index is -0.221. The normalized spacial score (nSPS) is 12.1. The number of Topliss-reactive ketones (excluding diaryl/α,β-unsaturated/α-hetero) is 1. The third-order valence-electron chi connectivity index (χ3n) is 6.55. The highest BCUT2D eigenvalue weighted by Crippen LogP contribution is 2.45. The number of aromatic amines is 1. The zero-order chi connectivity index (χ0) is 22.5. The molecule has 160 valence electrons. The van der Waals surface area contributed by atoms with Gasteiger partial charge in [0.05, 0.1) is 11.2 Å². The lowest BCUT2D eigenvalue weighted by molar-refractivity contribution is -0.116. The number of H-pyrrole nitrogens is 1. The smallest absolute Gasteiger partial charge is 0.155 e. The molecule has 1 aliphatic rings. The van der Waals surface area contributed by atoms with Crippen molar-refractivity contribution in [1.29, 1.82) is 0 Å². The molecular formula is C30H22FNO. The summed E-state index contributed by atoms with van der Waals surface area (Å²) in [7, 11) is 0. The maximum Gasteiger partial charge on any atom is 0.155 e. The van der Waals surface area contributed by atoms with Gasteiger partial charge < -0.3 is 4.98 Å². The fraction of sp³-hybridized carbons (Fsp3) is 0.100. The van der Waals surface area contributed by atoms with Crippen molar-refractivity contribution in [3.63, 3.8) is 0 Å². The summed E-state index contributed by atoms with van der Waals surface area (Å²) >= 11 is 0. The molecule has 0 unspecified atom stereocenters. The Kier molecular flexibility index (Phi) is 4.51. The SMILES string of the molecule is CC(=O)Cc1ccc2c(c1)Cc1c-2[nH]c2c(F)c(-c3ccccc3)c(-c3ccccc3)cc12. The van der Waals surface area contributed by atoms with Gasteiger partial charge in [0.15, 0.2) is 5.82 Å². The molecule has 5 aromatic rings. The monoisotopic (exact) mass is 431 g/mol. The fourth-order valence-electron chi connectivity index (χ4n) is 5.12. The third kappa shape index (κ3) is 3.20. The molecule has 0 saturated carbocycles. The van der Waals surface area contributed by atoms with E-state index in [2.05, 4.69) is 23.2 Å². The largest absolute Gasteiger partial charge is 0.352 e. The number of benzene rings is 4. The second-order valence-electron chi connectivity index (χ2n) is 8.79. The molecule has 0 atom stereocenters. The van der Waals surface area contributed by atoms with Crippen molar-refractivity contribution in [2.75, 3.05) is 0 Å². The Balaban J connectivity index is 1.59. The van der Waals surface area contributed by atoms with E-state index in [1.807, 2.05) is 66.7 Å². The van der Waals surface area contributed by atoms with Crippen molar-refractivity contribution < 1.29 is 9.18 Å². The number of carbonyl (C=O) groups is 1. The van der Waals surface area contributed by atoms with Gasteiger partial charge in [-0.3, -0.25) is 4.79 Å². The van der Waals surface area contributed by atoms with Crippen LogP contribution in [0.5, 0.6) is 0 Å². The van der Waals surface area contributed by atoms with Crippen molar-refractivity contribution in [3.05, 3.63) is 107 Å². The number of hydrogen-bond acceptors (Lipinski definition) is 1. The molecule has 1 aromatic heterocycles. The van der Waals surface area contributed by atoms with Gasteiger partial charge in [0.2, 0.25) is 0 Å². The molecule has 0 bridgehead atoms. The summed E-state index contributed by atoms with van der Waals surface area (Å²) in [6.07, 6.45) is 1.17. The molecule has 0 fully saturated rings. The summed E-state index contributed by atoms with van der Waals surface area (Å²) in [6.45, 7) is 1.61. The molecule has 1 aliphatic carbocycles. The van der Waals surface area contributed by atoms with Crippen LogP contribution in [0.15, 0.2) is 84.9 Å². The topological polar surface area (TPSA) is 32.9 Å². The highest BCUT2D eigenvalue weighted by Gasteiger charge is 2.27. The summed E-state index contributed by atoms with van der Waals surface area (Å²) in [6, 6.07) is 28.1. The van der Waals surface area contributed by atoms with E-state index < -0.39 is 0 Å². The molecule has 2 nitrogen and oxygen atoms in total. The highest BCUT2D eigenvalue weighted by molar-refractivity contribution is 6.02. The Morgan fingerprint density at radius 3 is 2.27 bits per heavy atom. The molecule has 0 radical (unpaired) electrons. The van der Waals surface area contributed by atoms with Gasteiger partial charge in [-0.2, -0.15) is 0 Å². The van der Waals surface area contributed by atoms with E-state index in [4.69, 9.17) is 0 Å². The predicted molar refractivity (Wildman–Crippen MR) is 132 cm³/mol. The quantitative estimate of drug-likeness (QED) is 0.311. The Morgan fingerprint density at radius 1 is 0.879 bits per heavy atom. The van der Waals surface area contributed by atoms with Gasteiger partial charge in [0.1, 0.15) is 5.78 Å². The van der Waals surface area contributed by atoms with E-state index in [1.165, 1.54) is 5.56 Å². The molecule has 6 rings (SSSR count). The van der Waals surface area contributed by atoms with Crippen LogP contribution in [0.1, 0.15) is 23.6 Å². The molecule has 0 spiro atoms. The first kappa shape index (κ1) is 19.7. The van der Waals surface area contributed by atoms with Gasteiger partial charge in [-0.05, 0) is 46.4 Å². The van der Waals surface area contributed by atoms with Crippen LogP contribution in [-0.2, 0) is 17.6 Å². The van der Waals surface area contributed by atoms with Crippen molar-refractivity contribution in [1.82, 2.24) is 4.98 Å². The average molecular weight is 432 g/mol. The van der Waals surface area contributed by atoms with Crippen LogP contribution in [0.25, 0.3) is 44.4 Å². The van der Waals surface area contributed by atoms with Gasteiger partial charge in [-0.1, -0.05) is 78.9 Å². The van der Waals surface area contributed by atoms with Gasteiger partial charge in [0, 0.05) is 29.4 Å². The van der Waals surface area contributed by atoms with E-state index in [9.17, 15) is 4.79 Å². The summed E-state index contributed by atoms with van der Waals surface area (Å²) in [5.74, 6) is -0.0679. The van der Waals surface area contributed by atoms with Gasteiger partial charge in [0.25, 0.3) is 0 Å². The molecule has 0 aliphatic heterocycles. The van der Waals surface area contributed by atoms with Crippen molar-refractivity contribution in [2.45, 2.75) is 19.8 Å². The standard InChI is InChI=1S/C30H22FNO/c1-18(33)14-19-12-13-23-22(15-19)16-25-26-17-24(20-8-4-2-5-9-20)27(21-10-6-3-7-11-21)28(31)30(26)32-29(23)25/h2-13,15,17,32H,14,16H2,1H3. The number of aromatic nitrogens is 1. The predicted octanol–water partition coefficient (Wildman–Crippen LogP) is 7.34. The molecule has 0 amide bonds. The number of hydrogen-bond donors (Lipinski definition) is 1. The summed E-state index contributed by atoms with van der Waals surface area (Å²) in [5.41, 5.74) is 9.32. The van der Waals surface area contributed by atoms with E-state index in [1.54, 1.807) is 6.92 Å². The van der Waals surface area contributed by atoms with E-state index in [-0.39, 0.29) is 11.6 Å². The number of halogens is 1. The molecule has 1 N–H and O–H groups in total. The highest BCUT2D eigenvalue weighted by atomic mass is 19.1. The Bertz CT molecular complexity index is 1530. The zero-order valence-corrected chi connectivity index (χ0v) is 18.3. The number of carbonyl (C=O) groups excluding carboxylic acids is 1. The van der Waals surface area contributed by atoms with E-state index >= 15 is 4.39 Å². The van der Waals surface area contributed by atoms with Crippen molar-refractivity contribution in [3.8, 4) is 33.5 Å². The van der Waals surface area contributed by atoms with Crippen LogP contribution in [0.2, 0.25) is 0 Å². The summed E-state index contributed by atoms with van der Waals surface area (Å²) in [4.78, 5) is 15.0. The van der Waals surface area contributed by atoms with Crippen LogP contribution in [0.4, 0.5) is 4.39 Å². The lowest BCUT2D eigenvalue weighted by Crippen LogP contribution is -1.97. The Hall–Kier alpha value is -3.98. The Labute approximate surface area is 191 Å². The first-order chi connectivity index (χ1) is 16.1. The minimum Gasteiger partial charge on any atom is -0.352 e. The van der Waals surface area contributed by atoms with Crippen LogP contribution < -0.4 is 0 Å². The molecular weight excluding hydrogens is 409 g/mol. The summed E-state index contributed by atoms with van der Waals surface area (Å²) < 4.78 is 16.2. The van der Waals surface area contributed by atoms with E-state index in [0.29, 0.717) is 17.5 Å². The van der Waals surface area contributed by atoms with Gasteiger partial charge >= 0.3 is 0 Å². The first-order valence-electron chi connectivity index (χ1n) is 11.2. The van der Waals surface area contributed by atoms with Crippen molar-refractivity contribution in [2.24, 2.45) is 0 Å². The van der Waals surface area contributed by atoms with Crippen LogP contribution in [0, 0.1) is 5.82 Å². The van der Waals surface area contributed by atoms with Crippen LogP contribution in [-0.4, -0.2) is 10.8 Å². The third-order valence-corrected chi connectivity index (χ3v) is 6.55. The number of ketones is 1. The lowest BCUT2D eigenvalue weighted by Gasteiger charge is -2.13. The number of rotatable bonds is 4. The second-order valence-corrected chi connectivity index (χ2v) is 8.79. The Morgan fingerprint density at radius 2 is 1.58 bits per heavy atom. The van der Waals surface area contributed by atoms with Crippen molar-refractivity contribution >= 4 is 16.7 Å². The fourth-order valence-corrected chi connectivity index (χ4v) is 5.12. The van der Waals surface area contributed by atoms with Crippen LogP contribution >= 0.6 is 0 Å². The maximum absolute atomic E-state index is 16.2. The molecule has 33 heavy (non-hydrogen) atoms. The van der Waals surface area contributed by atoms with Crippen LogP contribution in [0.3, 0.4) is 0 Å². The first-order valence-corrected chi connectivity index (χ1v) is 11.2. The molecule has 0 saturated heterocycles. The zero-order valence-electron chi connectivity index (χ0n) is 18.3. The van der Waals surface area contributed by atoms with Gasteiger partial charge in [-0.25, -0.2) is 4.39 Å². The summed E-state index contributed by atoms with van der Waals surface area (Å²) in [5, 5.41) is 0.922. The average Bonchev–Trinajstić information content (AvgIpc) is 3.36. The van der Waals surface area contributed by atoms with Gasteiger partial charge in [-0.15, -0.1) is 0 Å². The molecule has 3 heteroatoms. The van der Waals surface area contributed by atoms with E-state index in [0.717, 1.165) is 50.9 Å². The number of nitrogens with one attached hydrogen (secondary N) is 1. The lowest BCUT2D eigenvalue weighted by atomic mass is 9.91. The number of fused-ring (bicyclic) bond motifs is 5.